The van der Waals surface area contributed by atoms with Crippen LogP contribution in [0.15, 0.2) is 30.6 Å². The summed E-state index contributed by atoms with van der Waals surface area (Å²) in [5.41, 5.74) is 1.21. The van der Waals surface area contributed by atoms with E-state index in [2.05, 4.69) is 32.2 Å². The predicted molar refractivity (Wildman–Crippen MR) is 87.2 cm³/mol. The Labute approximate surface area is 135 Å². The molecule has 1 N–H and O–H groups in total. The van der Waals surface area contributed by atoms with Gasteiger partial charge in [-0.25, -0.2) is 0 Å². The number of hydrogen-bond donors (Lipinski definition) is 1. The van der Waals surface area contributed by atoms with E-state index in [-0.39, 0.29) is 5.91 Å². The van der Waals surface area contributed by atoms with Crippen LogP contribution in [-0.2, 0) is 22.5 Å². The molecule has 0 bridgehead atoms. The zero-order chi connectivity index (χ0) is 16.4. The van der Waals surface area contributed by atoms with E-state index < -0.39 is 5.60 Å². The van der Waals surface area contributed by atoms with E-state index in [4.69, 9.17) is 4.74 Å². The van der Waals surface area contributed by atoms with Gasteiger partial charge in [-0.3, -0.25) is 4.79 Å². The predicted octanol–water partition coefficient (Wildman–Crippen LogP) is 2.37. The molecule has 0 saturated heterocycles. The highest BCUT2D eigenvalue weighted by molar-refractivity contribution is 5.96. The summed E-state index contributed by atoms with van der Waals surface area (Å²) in [6.45, 7) is 4.40. The Hall–Kier alpha value is -2.21. The number of hydrogen-bond acceptors (Lipinski definition) is 4. The van der Waals surface area contributed by atoms with Gasteiger partial charge >= 0.3 is 0 Å². The third-order valence-corrected chi connectivity index (χ3v) is 4.53. The Morgan fingerprint density at radius 2 is 2.09 bits per heavy atom. The van der Waals surface area contributed by atoms with Gasteiger partial charge in [0.2, 0.25) is 0 Å². The number of fused-ring (bicyclic) bond motifs is 1. The van der Waals surface area contributed by atoms with E-state index in [1.54, 1.807) is 20.2 Å². The van der Waals surface area contributed by atoms with Crippen LogP contribution in [0.2, 0.25) is 0 Å². The van der Waals surface area contributed by atoms with Gasteiger partial charge in [0, 0.05) is 31.7 Å². The van der Waals surface area contributed by atoms with E-state index in [1.165, 1.54) is 12.7 Å². The molecule has 1 aliphatic heterocycles. The molecule has 122 valence electrons. The number of anilines is 1. The summed E-state index contributed by atoms with van der Waals surface area (Å²) in [4.78, 5) is 12.1. The molecule has 1 atom stereocenters. The lowest BCUT2D eigenvalue weighted by atomic mass is 9.91. The molecule has 1 unspecified atom stereocenters. The van der Waals surface area contributed by atoms with Gasteiger partial charge in [-0.15, -0.1) is 10.2 Å². The van der Waals surface area contributed by atoms with Crippen molar-refractivity contribution < 1.29 is 9.53 Å². The van der Waals surface area contributed by atoms with Gasteiger partial charge in [0.25, 0.3) is 5.91 Å². The summed E-state index contributed by atoms with van der Waals surface area (Å²) in [6.07, 6.45) is 3.81. The van der Waals surface area contributed by atoms with Crippen molar-refractivity contribution in [2.75, 3.05) is 12.4 Å². The van der Waals surface area contributed by atoms with Gasteiger partial charge in [-0.05, 0) is 38.0 Å². The lowest BCUT2D eigenvalue weighted by molar-refractivity contribution is -0.133. The number of benzene rings is 1. The van der Waals surface area contributed by atoms with Crippen LogP contribution in [0.25, 0.3) is 0 Å². The average molecular weight is 314 g/mol. The molecular weight excluding hydrogens is 292 g/mol. The van der Waals surface area contributed by atoms with Crippen molar-refractivity contribution in [1.82, 2.24) is 14.8 Å². The van der Waals surface area contributed by atoms with Crippen LogP contribution >= 0.6 is 0 Å². The number of aryl methyl sites for hydroxylation is 1. The topological polar surface area (TPSA) is 69.0 Å². The number of nitrogens with one attached hydrogen (secondary N) is 1. The monoisotopic (exact) mass is 314 g/mol. The highest BCUT2D eigenvalue weighted by Crippen LogP contribution is 2.28. The first-order valence-corrected chi connectivity index (χ1v) is 7.83. The quantitative estimate of drug-likeness (QED) is 0.940. The molecule has 0 saturated carbocycles. The van der Waals surface area contributed by atoms with Crippen LogP contribution in [0.1, 0.15) is 37.6 Å². The molecule has 0 radical (unpaired) electrons. The largest absolute Gasteiger partial charge is 0.369 e. The fraction of sp³-hybridized carbons (Fsp3) is 0.471. The Balaban J connectivity index is 1.67. The fourth-order valence-corrected chi connectivity index (χ4v) is 2.74. The van der Waals surface area contributed by atoms with Crippen molar-refractivity contribution in [3.8, 4) is 0 Å². The van der Waals surface area contributed by atoms with Crippen LogP contribution in [0.4, 0.5) is 5.69 Å². The Bertz CT molecular complexity index is 691. The number of amides is 1. The normalized spacial score (nSPS) is 17.6. The number of methoxy groups -OCH3 is 1. The maximum absolute atomic E-state index is 12.1. The molecule has 23 heavy (non-hydrogen) atoms. The summed E-state index contributed by atoms with van der Waals surface area (Å²) < 4.78 is 7.31. The lowest BCUT2D eigenvalue weighted by Crippen LogP contribution is -2.38. The van der Waals surface area contributed by atoms with Gasteiger partial charge in [0.15, 0.2) is 0 Å². The maximum Gasteiger partial charge on any atom is 0.256 e. The van der Waals surface area contributed by atoms with Crippen LogP contribution in [-0.4, -0.2) is 33.4 Å². The van der Waals surface area contributed by atoms with Crippen molar-refractivity contribution >= 4 is 11.6 Å². The molecule has 1 aliphatic rings. The van der Waals surface area contributed by atoms with Crippen LogP contribution in [0.3, 0.4) is 0 Å². The maximum atomic E-state index is 12.1. The highest BCUT2D eigenvalue weighted by Gasteiger charge is 2.27. The second-order valence-electron chi connectivity index (χ2n) is 6.43. The summed E-state index contributed by atoms with van der Waals surface area (Å²) >= 11 is 0. The number of carbonyl (C=O) groups is 1. The molecule has 1 amide bonds. The zero-order valence-corrected chi connectivity index (χ0v) is 13.7. The zero-order valence-electron chi connectivity index (χ0n) is 13.7. The molecular formula is C17H22N4O2. The second kappa shape index (κ2) is 6.12. The summed E-state index contributed by atoms with van der Waals surface area (Å²) in [5, 5.41) is 11.0. The van der Waals surface area contributed by atoms with Gasteiger partial charge in [0.05, 0.1) is 0 Å². The Kier molecular flexibility index (Phi) is 4.17. The summed E-state index contributed by atoms with van der Waals surface area (Å²) in [7, 11) is 1.53. The molecule has 0 aliphatic carbocycles. The van der Waals surface area contributed by atoms with Gasteiger partial charge in [0.1, 0.15) is 17.8 Å². The average Bonchev–Trinajstić information content (AvgIpc) is 3.03. The van der Waals surface area contributed by atoms with E-state index in [0.717, 1.165) is 30.9 Å². The number of nitrogens with zero attached hydrogens (tertiary/aromatic N) is 3. The first-order valence-electron chi connectivity index (χ1n) is 7.83. The first kappa shape index (κ1) is 15.7. The molecule has 2 heterocycles. The number of aromatic nitrogens is 3. The van der Waals surface area contributed by atoms with E-state index in [9.17, 15) is 4.79 Å². The van der Waals surface area contributed by atoms with Crippen molar-refractivity contribution in [3.63, 3.8) is 0 Å². The molecule has 2 aromatic rings. The third kappa shape index (κ3) is 3.27. The number of carbonyl (C=O) groups excluding carboxylic acids is 1. The lowest BCUT2D eigenvalue weighted by Gasteiger charge is -2.24. The third-order valence-electron chi connectivity index (χ3n) is 4.53. The van der Waals surface area contributed by atoms with Crippen LogP contribution in [0.5, 0.6) is 0 Å². The van der Waals surface area contributed by atoms with Crippen molar-refractivity contribution in [1.29, 1.82) is 0 Å². The minimum atomic E-state index is -0.840. The van der Waals surface area contributed by atoms with E-state index in [1.807, 2.05) is 12.1 Å². The molecule has 1 aromatic carbocycles. The van der Waals surface area contributed by atoms with Crippen molar-refractivity contribution in [2.24, 2.45) is 0 Å². The van der Waals surface area contributed by atoms with Crippen LogP contribution < -0.4 is 5.32 Å². The van der Waals surface area contributed by atoms with Gasteiger partial charge < -0.3 is 14.6 Å². The highest BCUT2D eigenvalue weighted by atomic mass is 16.5. The summed E-state index contributed by atoms with van der Waals surface area (Å²) in [5.74, 6) is 1.37. The van der Waals surface area contributed by atoms with Gasteiger partial charge in [-0.2, -0.15) is 0 Å². The van der Waals surface area contributed by atoms with Gasteiger partial charge in [-0.1, -0.05) is 12.1 Å². The van der Waals surface area contributed by atoms with Crippen molar-refractivity contribution in [2.45, 2.75) is 44.8 Å². The molecule has 0 fully saturated rings. The van der Waals surface area contributed by atoms with Crippen molar-refractivity contribution in [3.05, 3.63) is 42.0 Å². The molecule has 6 nitrogen and oxygen atoms in total. The second-order valence-corrected chi connectivity index (χ2v) is 6.43. The Morgan fingerprint density at radius 1 is 1.35 bits per heavy atom. The molecule has 1 aromatic heterocycles. The minimum absolute atomic E-state index is 0.153. The smallest absolute Gasteiger partial charge is 0.256 e. The molecule has 6 heteroatoms. The molecule has 3 rings (SSSR count). The number of rotatable bonds is 4. The fourth-order valence-electron chi connectivity index (χ4n) is 2.74. The summed E-state index contributed by atoms with van der Waals surface area (Å²) in [6, 6.07) is 8.05. The molecule has 0 spiro atoms. The number of ether oxygens (including phenoxy) is 1. The van der Waals surface area contributed by atoms with E-state index in [0.29, 0.717) is 5.92 Å². The minimum Gasteiger partial charge on any atom is -0.369 e. The first-order chi connectivity index (χ1) is 11.0. The Morgan fingerprint density at radius 3 is 2.78 bits per heavy atom. The SMILES string of the molecule is COC(C)(C)C(=O)Nc1ccc(C2CCc3nncn3C2)cc1. The van der Waals surface area contributed by atoms with E-state index >= 15 is 0 Å². The standard InChI is InChI=1S/C17H22N4O2/c1-17(2,23-3)16(22)19-14-7-4-12(5-8-14)13-6-9-15-20-18-11-21(15)10-13/h4-5,7-8,11,13H,6,9-10H2,1-3H3,(H,19,22). The van der Waals surface area contributed by atoms with Crippen LogP contribution in [0, 0.1) is 0 Å².